The predicted octanol–water partition coefficient (Wildman–Crippen LogP) is 3.05. The van der Waals surface area contributed by atoms with Crippen LogP contribution in [-0.4, -0.2) is 57.0 Å². The van der Waals surface area contributed by atoms with Crippen LogP contribution in [0.3, 0.4) is 0 Å². The number of halogens is 1. The molecule has 5 aromatic rings. The number of para-hydroxylation sites is 1. The summed E-state index contributed by atoms with van der Waals surface area (Å²) in [6, 6.07) is 9.50. The Morgan fingerprint density at radius 3 is 2.94 bits per heavy atom. The first-order valence-electron chi connectivity index (χ1n) is 10.3. The fourth-order valence-electron chi connectivity index (χ4n) is 3.71. The van der Waals surface area contributed by atoms with Gasteiger partial charge in [0.15, 0.2) is 0 Å². The molecule has 4 heterocycles. The Hall–Kier alpha value is -3.09. The van der Waals surface area contributed by atoms with E-state index in [1.165, 1.54) is 17.0 Å². The van der Waals surface area contributed by atoms with E-state index in [-0.39, 0.29) is 28.4 Å². The molecule has 1 aromatic carbocycles. The van der Waals surface area contributed by atoms with Gasteiger partial charge in [0, 0.05) is 0 Å². The summed E-state index contributed by atoms with van der Waals surface area (Å²) >= 11 is -0.310. The number of fused-ring (bicyclic) bond motifs is 2. The second-order valence-electron chi connectivity index (χ2n) is 7.61. The SMILES string of the molecule is C[C@@H](CO)n1cnc2c([As]CCc3c[nH]c4ccccc34)nc(-c3cncc(F)c3)nc21. The van der Waals surface area contributed by atoms with Crippen LogP contribution >= 0.6 is 0 Å². The summed E-state index contributed by atoms with van der Waals surface area (Å²) in [4.78, 5) is 21.3. The summed E-state index contributed by atoms with van der Waals surface area (Å²) in [5, 5.41) is 11.9. The first-order valence-corrected chi connectivity index (χ1v) is 12.6. The predicted molar refractivity (Wildman–Crippen MR) is 123 cm³/mol. The van der Waals surface area contributed by atoms with E-state index in [1.54, 1.807) is 12.5 Å². The summed E-state index contributed by atoms with van der Waals surface area (Å²) in [5.41, 5.74) is 4.35. The molecule has 0 saturated carbocycles. The number of H-pyrrole nitrogens is 1. The van der Waals surface area contributed by atoms with Crippen LogP contribution in [0, 0.1) is 5.82 Å². The van der Waals surface area contributed by atoms with Gasteiger partial charge >= 0.3 is 191 Å². The summed E-state index contributed by atoms with van der Waals surface area (Å²) in [7, 11) is 0. The molecule has 1 atom stereocenters. The molecular formula is C23H21AsFN6O. The molecule has 9 heteroatoms. The van der Waals surface area contributed by atoms with Crippen LogP contribution in [0.15, 0.2) is 55.2 Å². The maximum absolute atomic E-state index is 13.8. The topological polar surface area (TPSA) is 92.5 Å². The molecule has 0 aliphatic rings. The molecule has 0 bridgehead atoms. The Morgan fingerprint density at radius 1 is 1.22 bits per heavy atom. The average Bonchev–Trinajstić information content (AvgIpc) is 3.43. The van der Waals surface area contributed by atoms with Crippen molar-refractivity contribution in [1.29, 1.82) is 0 Å². The average molecular weight is 491 g/mol. The molecule has 4 aromatic heterocycles. The van der Waals surface area contributed by atoms with Crippen LogP contribution in [0.5, 0.6) is 0 Å². The monoisotopic (exact) mass is 491 g/mol. The summed E-state index contributed by atoms with van der Waals surface area (Å²) in [5.74, 6) is -0.00798. The van der Waals surface area contributed by atoms with Gasteiger partial charge in [-0.3, -0.25) is 0 Å². The minimum atomic E-state index is -0.433. The zero-order valence-electron chi connectivity index (χ0n) is 17.4. The van der Waals surface area contributed by atoms with Crippen molar-refractivity contribution in [3.63, 3.8) is 0 Å². The molecule has 2 N–H and O–H groups in total. The van der Waals surface area contributed by atoms with Crippen LogP contribution in [0.25, 0.3) is 33.5 Å². The number of aromatic nitrogens is 6. The van der Waals surface area contributed by atoms with Crippen molar-refractivity contribution in [3.8, 4) is 11.4 Å². The zero-order valence-corrected chi connectivity index (χ0v) is 19.3. The molecule has 161 valence electrons. The van der Waals surface area contributed by atoms with E-state index in [1.807, 2.05) is 17.6 Å². The molecule has 0 aliphatic heterocycles. The van der Waals surface area contributed by atoms with Crippen molar-refractivity contribution in [3.05, 3.63) is 66.6 Å². The molecule has 0 unspecified atom stereocenters. The van der Waals surface area contributed by atoms with Gasteiger partial charge in [0.2, 0.25) is 0 Å². The Balaban J connectivity index is 1.50. The number of aliphatic hydroxyl groups is 1. The Morgan fingerprint density at radius 2 is 2.09 bits per heavy atom. The van der Waals surface area contributed by atoms with Crippen LogP contribution < -0.4 is 4.48 Å². The van der Waals surface area contributed by atoms with Gasteiger partial charge in [-0.25, -0.2) is 0 Å². The number of rotatable bonds is 7. The van der Waals surface area contributed by atoms with Gasteiger partial charge in [-0.1, -0.05) is 0 Å². The van der Waals surface area contributed by atoms with E-state index in [9.17, 15) is 9.50 Å². The molecule has 7 nitrogen and oxygen atoms in total. The van der Waals surface area contributed by atoms with Crippen molar-refractivity contribution in [1.82, 2.24) is 29.5 Å². The third kappa shape index (κ3) is 3.92. The summed E-state index contributed by atoms with van der Waals surface area (Å²) in [6.45, 7) is 1.87. The van der Waals surface area contributed by atoms with Crippen LogP contribution in [0.4, 0.5) is 4.39 Å². The number of aliphatic hydroxyl groups excluding tert-OH is 1. The number of pyridine rings is 1. The Kier molecular flexibility index (Phi) is 5.72. The molecule has 1 radical (unpaired) electrons. The number of nitrogens with zero attached hydrogens (tertiary/aromatic N) is 5. The van der Waals surface area contributed by atoms with E-state index in [0.717, 1.165) is 33.3 Å². The maximum atomic E-state index is 13.8. The number of benzene rings is 1. The number of aryl methyl sites for hydroxylation is 1. The van der Waals surface area contributed by atoms with Crippen LogP contribution in [0.2, 0.25) is 5.21 Å². The Bertz CT molecular complexity index is 1400. The second-order valence-corrected chi connectivity index (χ2v) is 10.1. The molecular weight excluding hydrogens is 470 g/mol. The molecule has 0 aliphatic carbocycles. The van der Waals surface area contributed by atoms with Crippen molar-refractivity contribution in [2.75, 3.05) is 6.61 Å². The van der Waals surface area contributed by atoms with Gasteiger partial charge in [0.1, 0.15) is 0 Å². The zero-order chi connectivity index (χ0) is 22.1. The van der Waals surface area contributed by atoms with Crippen molar-refractivity contribution >= 4 is 42.3 Å². The molecule has 0 fully saturated rings. The van der Waals surface area contributed by atoms with E-state index >= 15 is 0 Å². The van der Waals surface area contributed by atoms with E-state index in [2.05, 4.69) is 44.3 Å². The summed E-state index contributed by atoms with van der Waals surface area (Å²) < 4.78 is 16.5. The fraction of sp³-hybridized carbons (Fsp3) is 0.217. The number of aromatic amines is 1. The molecule has 0 amide bonds. The number of nitrogens with one attached hydrogen (secondary N) is 1. The number of imidazole rings is 1. The van der Waals surface area contributed by atoms with Gasteiger partial charge in [-0.2, -0.15) is 0 Å². The van der Waals surface area contributed by atoms with Gasteiger partial charge < -0.3 is 0 Å². The van der Waals surface area contributed by atoms with Crippen LogP contribution in [-0.2, 0) is 6.42 Å². The first-order chi connectivity index (χ1) is 15.6. The van der Waals surface area contributed by atoms with E-state index < -0.39 is 5.82 Å². The van der Waals surface area contributed by atoms with Crippen molar-refractivity contribution in [2.45, 2.75) is 24.6 Å². The van der Waals surface area contributed by atoms with Gasteiger partial charge in [-0.05, 0) is 0 Å². The fourth-order valence-corrected chi connectivity index (χ4v) is 5.88. The normalized spacial score (nSPS) is 13.0. The van der Waals surface area contributed by atoms with Crippen molar-refractivity contribution < 1.29 is 9.50 Å². The number of hydrogen-bond acceptors (Lipinski definition) is 5. The van der Waals surface area contributed by atoms with Gasteiger partial charge in [-0.15, -0.1) is 0 Å². The minimum absolute atomic E-state index is 0.0318. The third-order valence-electron chi connectivity index (χ3n) is 5.42. The van der Waals surface area contributed by atoms with Gasteiger partial charge in [0.05, 0.1) is 0 Å². The van der Waals surface area contributed by atoms with E-state index in [0.29, 0.717) is 17.0 Å². The quantitative estimate of drug-likeness (QED) is 0.342. The molecule has 5 rings (SSSR count). The number of hydrogen-bond donors (Lipinski definition) is 2. The van der Waals surface area contributed by atoms with Crippen molar-refractivity contribution in [2.24, 2.45) is 0 Å². The molecule has 0 saturated heterocycles. The molecule has 0 spiro atoms. The third-order valence-corrected chi connectivity index (χ3v) is 7.64. The standard InChI is InChI=1S/C23H21AsFN6O/c1-14(12-32)31-13-28-20-21(24-7-6-15-10-27-19-5-3-2-4-18(15)19)29-22(30-23(20)31)16-8-17(25)11-26-9-16/h2-5,8-11,13-14,27,32H,6-7,12H2,1H3/t14-/m0/s1. The van der Waals surface area contributed by atoms with Crippen LogP contribution in [0.1, 0.15) is 18.5 Å². The van der Waals surface area contributed by atoms with E-state index in [4.69, 9.17) is 4.98 Å². The Labute approximate surface area is 190 Å². The van der Waals surface area contributed by atoms with Gasteiger partial charge in [0.25, 0.3) is 0 Å². The molecule has 32 heavy (non-hydrogen) atoms. The summed E-state index contributed by atoms with van der Waals surface area (Å²) in [6.07, 6.45) is 7.42. The second kappa shape index (κ2) is 8.80. The first kappa shape index (κ1) is 20.8.